The van der Waals surface area contributed by atoms with Crippen molar-refractivity contribution in [2.24, 2.45) is 0 Å². The van der Waals surface area contributed by atoms with Gasteiger partial charge in [0, 0.05) is 26.9 Å². The third kappa shape index (κ3) is 1.98. The minimum absolute atomic E-state index is 0.758. The van der Waals surface area contributed by atoms with Gasteiger partial charge in [-0.15, -0.1) is 8.19 Å². The number of nitrogens with one attached hydrogen (secondary N) is 1. The third-order valence-electron chi connectivity index (χ3n) is 5.35. The maximum absolute atomic E-state index is 3.56. The summed E-state index contributed by atoms with van der Waals surface area (Å²) in [5.41, 5.74) is 4.97. The van der Waals surface area contributed by atoms with Crippen molar-refractivity contribution in [2.75, 3.05) is 0 Å². The Morgan fingerprint density at radius 2 is 1.15 bits per heavy atom. The summed E-state index contributed by atoms with van der Waals surface area (Å²) >= 11 is 0. The number of rotatable bonds is 1. The molecule has 0 aliphatic heterocycles. The van der Waals surface area contributed by atoms with Gasteiger partial charge in [-0.25, -0.2) is 0 Å². The van der Waals surface area contributed by atoms with E-state index in [2.05, 4.69) is 89.9 Å². The van der Waals surface area contributed by atoms with Gasteiger partial charge in [0.25, 0.3) is 0 Å². The molecule has 2 heterocycles. The van der Waals surface area contributed by atoms with Crippen LogP contribution in [-0.2, 0) is 0 Å². The van der Waals surface area contributed by atoms with Crippen molar-refractivity contribution in [2.45, 2.75) is 0 Å². The summed E-state index contributed by atoms with van der Waals surface area (Å²) in [5.74, 6) is 0. The van der Waals surface area contributed by atoms with Gasteiger partial charge in [-0.2, -0.15) is 0 Å². The van der Waals surface area contributed by atoms with Gasteiger partial charge in [0.15, 0.2) is 0 Å². The minimum Gasteiger partial charge on any atom is -0.354 e. The number of hydrogen-bond donors (Lipinski definition) is 1. The van der Waals surface area contributed by atoms with Crippen LogP contribution >= 0.6 is 8.19 Å². The van der Waals surface area contributed by atoms with Crippen LogP contribution in [0.2, 0.25) is 0 Å². The van der Waals surface area contributed by atoms with Crippen LogP contribution in [0.15, 0.2) is 84.9 Å². The molecule has 4 aromatic carbocycles. The van der Waals surface area contributed by atoms with E-state index >= 15 is 0 Å². The second kappa shape index (κ2) is 5.24. The van der Waals surface area contributed by atoms with E-state index in [-0.39, 0.29) is 0 Å². The highest BCUT2D eigenvalue weighted by molar-refractivity contribution is 7.43. The van der Waals surface area contributed by atoms with Crippen LogP contribution in [0.25, 0.3) is 53.9 Å². The Morgan fingerprint density at radius 3 is 2.08 bits per heavy atom. The van der Waals surface area contributed by atoms with E-state index in [1.54, 1.807) is 0 Å². The molecule has 1 unspecified atom stereocenters. The first-order valence-electron chi connectivity index (χ1n) is 8.88. The molecule has 122 valence electrons. The van der Waals surface area contributed by atoms with Crippen molar-refractivity contribution in [3.8, 4) is 11.1 Å². The Kier molecular flexibility index (Phi) is 2.86. The molecular weight excluding hydrogens is 333 g/mol. The van der Waals surface area contributed by atoms with E-state index in [0.717, 1.165) is 8.19 Å². The number of para-hydroxylation sites is 1. The molecule has 0 aliphatic carbocycles. The molecule has 1 N–H and O–H groups in total. The van der Waals surface area contributed by atoms with Crippen molar-refractivity contribution >= 4 is 51.0 Å². The topological polar surface area (TPSA) is 15.8 Å². The highest BCUT2D eigenvalue weighted by atomic mass is 31.0. The van der Waals surface area contributed by atoms with Gasteiger partial charge < -0.3 is 4.98 Å². The van der Waals surface area contributed by atoms with Gasteiger partial charge >= 0.3 is 0 Å². The zero-order chi connectivity index (χ0) is 17.1. The smallest absolute Gasteiger partial charge is 0.0471 e. The molecule has 0 fully saturated rings. The van der Waals surface area contributed by atoms with Crippen LogP contribution in [0.5, 0.6) is 0 Å². The maximum atomic E-state index is 3.56. The third-order valence-corrected chi connectivity index (χ3v) is 6.73. The Balaban J connectivity index is 1.57. The van der Waals surface area contributed by atoms with Gasteiger partial charge in [-0.1, -0.05) is 66.7 Å². The molecular formula is C24H16NP. The first kappa shape index (κ1) is 14.2. The highest BCUT2D eigenvalue weighted by Crippen LogP contribution is 2.40. The Morgan fingerprint density at radius 1 is 0.500 bits per heavy atom. The number of benzene rings is 4. The van der Waals surface area contributed by atoms with E-state index in [4.69, 9.17) is 0 Å². The Labute approximate surface area is 152 Å². The molecule has 1 atom stereocenters. The quantitative estimate of drug-likeness (QED) is 0.320. The number of aromatic nitrogens is 1. The standard InChI is InChI=1S/C24H16NP/c1-3-7-21-17(5-1)18-11-9-15(13-22(18)25-21)16-10-12-20-19-6-2-4-8-23(19)26-24(20)14-16/h1-14,25-26H. The predicted molar refractivity (Wildman–Crippen MR) is 116 cm³/mol. The van der Waals surface area contributed by atoms with Crippen molar-refractivity contribution in [1.82, 2.24) is 4.98 Å². The summed E-state index contributed by atoms with van der Waals surface area (Å²) in [5, 5.41) is 8.30. The summed E-state index contributed by atoms with van der Waals surface area (Å²) < 4.78 is 0. The fourth-order valence-electron chi connectivity index (χ4n) is 4.07. The molecule has 26 heavy (non-hydrogen) atoms. The summed E-state index contributed by atoms with van der Waals surface area (Å²) in [6, 6.07) is 31.0. The Bertz CT molecular complexity index is 1320. The lowest BCUT2D eigenvalue weighted by atomic mass is 10.0. The summed E-state index contributed by atoms with van der Waals surface area (Å²) in [6.07, 6.45) is 0. The van der Waals surface area contributed by atoms with Crippen LogP contribution in [-0.4, -0.2) is 4.98 Å². The van der Waals surface area contributed by atoms with Gasteiger partial charge in [-0.05, 0) is 45.2 Å². The molecule has 0 aliphatic rings. The average Bonchev–Trinajstić information content (AvgIpc) is 3.24. The van der Waals surface area contributed by atoms with Gasteiger partial charge in [0.1, 0.15) is 0 Å². The Hall–Kier alpha value is -3.02. The lowest BCUT2D eigenvalue weighted by molar-refractivity contribution is 1.54. The molecule has 0 saturated heterocycles. The van der Waals surface area contributed by atoms with Crippen LogP contribution in [0.1, 0.15) is 0 Å². The summed E-state index contributed by atoms with van der Waals surface area (Å²) in [7, 11) is 0.758. The molecule has 1 nitrogen and oxygen atoms in total. The average molecular weight is 349 g/mol. The monoisotopic (exact) mass is 349 g/mol. The number of hydrogen-bond acceptors (Lipinski definition) is 0. The largest absolute Gasteiger partial charge is 0.354 e. The van der Waals surface area contributed by atoms with Crippen LogP contribution in [0.3, 0.4) is 0 Å². The van der Waals surface area contributed by atoms with Crippen molar-refractivity contribution in [3.63, 3.8) is 0 Å². The van der Waals surface area contributed by atoms with Crippen molar-refractivity contribution in [1.29, 1.82) is 0 Å². The lowest BCUT2D eigenvalue weighted by Gasteiger charge is -2.03. The number of aromatic amines is 1. The fraction of sp³-hybridized carbons (Fsp3) is 0. The molecule has 0 saturated carbocycles. The molecule has 6 rings (SSSR count). The van der Waals surface area contributed by atoms with Crippen LogP contribution in [0, 0.1) is 0 Å². The summed E-state index contributed by atoms with van der Waals surface area (Å²) in [6.45, 7) is 0. The van der Waals surface area contributed by atoms with Gasteiger partial charge in [0.05, 0.1) is 0 Å². The van der Waals surface area contributed by atoms with Crippen molar-refractivity contribution in [3.05, 3.63) is 84.9 Å². The first-order valence-corrected chi connectivity index (χ1v) is 9.88. The van der Waals surface area contributed by atoms with E-state index in [0.29, 0.717) is 0 Å². The number of fused-ring (bicyclic) bond motifs is 6. The molecule has 2 heteroatoms. The zero-order valence-corrected chi connectivity index (χ0v) is 15.1. The highest BCUT2D eigenvalue weighted by Gasteiger charge is 2.08. The van der Waals surface area contributed by atoms with Crippen LogP contribution in [0.4, 0.5) is 0 Å². The van der Waals surface area contributed by atoms with Crippen molar-refractivity contribution < 1.29 is 0 Å². The second-order valence-corrected chi connectivity index (χ2v) is 8.19. The molecule has 6 aromatic rings. The zero-order valence-electron chi connectivity index (χ0n) is 14.1. The van der Waals surface area contributed by atoms with Gasteiger partial charge in [-0.3, -0.25) is 0 Å². The molecule has 2 aromatic heterocycles. The second-order valence-electron chi connectivity index (χ2n) is 6.86. The lowest BCUT2D eigenvalue weighted by Crippen LogP contribution is -1.78. The SMILES string of the molecule is c1ccc2c(c1)[nH]c1cc(-c3ccc4c(c3)[pH]c3ccccc34)ccc12. The van der Waals surface area contributed by atoms with E-state index < -0.39 is 0 Å². The molecule has 0 bridgehead atoms. The minimum atomic E-state index is 0.758. The molecule has 0 spiro atoms. The molecule has 0 radical (unpaired) electrons. The predicted octanol–water partition coefficient (Wildman–Crippen LogP) is 7.33. The van der Waals surface area contributed by atoms with E-state index in [9.17, 15) is 0 Å². The maximum Gasteiger partial charge on any atom is 0.0471 e. The van der Waals surface area contributed by atoms with Gasteiger partial charge in [0.2, 0.25) is 0 Å². The normalized spacial score (nSPS) is 12.2. The molecule has 0 amide bonds. The van der Waals surface area contributed by atoms with E-state index in [1.807, 2.05) is 0 Å². The van der Waals surface area contributed by atoms with E-state index in [1.165, 1.54) is 53.9 Å². The first-order chi connectivity index (χ1) is 12.9. The summed E-state index contributed by atoms with van der Waals surface area (Å²) in [4.78, 5) is 3.56. The number of H-pyrrole nitrogens is 1. The van der Waals surface area contributed by atoms with Crippen LogP contribution < -0.4 is 0 Å². The fourth-order valence-corrected chi connectivity index (χ4v) is 5.47.